The van der Waals surface area contributed by atoms with Crippen molar-refractivity contribution in [2.75, 3.05) is 17.2 Å². The van der Waals surface area contributed by atoms with E-state index in [1.54, 1.807) is 43.3 Å². The molecule has 0 unspecified atom stereocenters. The van der Waals surface area contributed by atoms with Crippen LogP contribution in [0.25, 0.3) is 0 Å². The smallest absolute Gasteiger partial charge is 0.340 e. The van der Waals surface area contributed by atoms with Crippen molar-refractivity contribution in [3.63, 3.8) is 0 Å². The number of anilines is 2. The largest absolute Gasteiger partial charge is 0.462 e. The zero-order chi connectivity index (χ0) is 19.1. The van der Waals surface area contributed by atoms with Crippen LogP contribution >= 0.6 is 23.2 Å². The molecular weight excluding hydrogens is 379 g/mol. The molecule has 0 spiro atoms. The number of halogens is 2. The van der Waals surface area contributed by atoms with Gasteiger partial charge in [0.2, 0.25) is 11.8 Å². The molecule has 6 nitrogen and oxygen atoms in total. The number of para-hydroxylation sites is 1. The van der Waals surface area contributed by atoms with Gasteiger partial charge in [-0.15, -0.1) is 0 Å². The number of nitrogens with one attached hydrogen (secondary N) is 2. The standard InChI is InChI=1S/C18H16Cl2N2O4/c1-2-26-18(25)11-6-3-4-8-13(11)21-15(23)10-16(24)22-14-9-5-7-12(19)17(14)20/h3-9H,2,10H2,1H3,(H,21,23)(H,22,24). The fraction of sp³-hybridized carbons (Fsp3) is 0.167. The number of ether oxygens (including phenoxy) is 1. The topological polar surface area (TPSA) is 84.5 Å². The maximum atomic E-state index is 12.1. The maximum absolute atomic E-state index is 12.1. The highest BCUT2D eigenvalue weighted by molar-refractivity contribution is 6.44. The van der Waals surface area contributed by atoms with Crippen LogP contribution in [0.4, 0.5) is 11.4 Å². The van der Waals surface area contributed by atoms with E-state index in [1.807, 2.05) is 0 Å². The lowest BCUT2D eigenvalue weighted by Crippen LogP contribution is -2.22. The fourth-order valence-corrected chi connectivity index (χ4v) is 2.46. The van der Waals surface area contributed by atoms with E-state index in [2.05, 4.69) is 10.6 Å². The summed E-state index contributed by atoms with van der Waals surface area (Å²) in [7, 11) is 0. The lowest BCUT2D eigenvalue weighted by molar-refractivity contribution is -0.123. The van der Waals surface area contributed by atoms with E-state index < -0.39 is 24.2 Å². The third kappa shape index (κ3) is 5.21. The van der Waals surface area contributed by atoms with Crippen molar-refractivity contribution in [2.45, 2.75) is 13.3 Å². The number of carbonyl (C=O) groups excluding carboxylic acids is 3. The molecule has 2 rings (SSSR count). The van der Waals surface area contributed by atoms with Crippen LogP contribution in [-0.4, -0.2) is 24.4 Å². The molecule has 136 valence electrons. The summed E-state index contributed by atoms with van der Waals surface area (Å²) < 4.78 is 4.94. The third-order valence-corrected chi connectivity index (χ3v) is 4.06. The summed E-state index contributed by atoms with van der Waals surface area (Å²) in [6.07, 6.45) is -0.458. The van der Waals surface area contributed by atoms with Crippen LogP contribution in [0.3, 0.4) is 0 Å². The van der Waals surface area contributed by atoms with Crippen LogP contribution < -0.4 is 10.6 Å². The lowest BCUT2D eigenvalue weighted by Gasteiger charge is -2.11. The zero-order valence-corrected chi connectivity index (χ0v) is 15.4. The number of amides is 2. The van der Waals surface area contributed by atoms with E-state index in [1.165, 1.54) is 6.07 Å². The van der Waals surface area contributed by atoms with E-state index in [4.69, 9.17) is 27.9 Å². The van der Waals surface area contributed by atoms with Gasteiger partial charge in [0, 0.05) is 0 Å². The first-order valence-corrected chi connectivity index (χ1v) is 8.47. The van der Waals surface area contributed by atoms with Gasteiger partial charge in [-0.25, -0.2) is 4.79 Å². The molecule has 0 saturated heterocycles. The zero-order valence-electron chi connectivity index (χ0n) is 13.8. The molecular formula is C18H16Cl2N2O4. The molecule has 0 heterocycles. The summed E-state index contributed by atoms with van der Waals surface area (Å²) in [5, 5.41) is 5.53. The molecule has 0 aliphatic carbocycles. The SMILES string of the molecule is CCOC(=O)c1ccccc1NC(=O)CC(=O)Nc1cccc(Cl)c1Cl. The minimum absolute atomic E-state index is 0.190. The Bertz CT molecular complexity index is 840. The predicted octanol–water partition coefficient (Wildman–Crippen LogP) is 4.14. The fourth-order valence-electron chi connectivity index (χ4n) is 2.11. The molecule has 0 fully saturated rings. The van der Waals surface area contributed by atoms with Gasteiger partial charge in [0.25, 0.3) is 0 Å². The Morgan fingerprint density at radius 2 is 1.54 bits per heavy atom. The average Bonchev–Trinajstić information content (AvgIpc) is 2.59. The second-order valence-electron chi connectivity index (χ2n) is 5.14. The summed E-state index contributed by atoms with van der Waals surface area (Å²) >= 11 is 11.9. The van der Waals surface area contributed by atoms with Crippen molar-refractivity contribution >= 4 is 52.4 Å². The van der Waals surface area contributed by atoms with Crippen molar-refractivity contribution < 1.29 is 19.1 Å². The van der Waals surface area contributed by atoms with Crippen molar-refractivity contribution in [1.29, 1.82) is 0 Å². The van der Waals surface area contributed by atoms with Gasteiger partial charge in [-0.1, -0.05) is 41.4 Å². The molecule has 2 aromatic rings. The highest BCUT2D eigenvalue weighted by Crippen LogP contribution is 2.29. The molecule has 0 aliphatic heterocycles. The quantitative estimate of drug-likeness (QED) is 0.569. The summed E-state index contributed by atoms with van der Waals surface area (Å²) in [6, 6.07) is 11.2. The van der Waals surface area contributed by atoms with Crippen molar-refractivity contribution in [3.05, 3.63) is 58.1 Å². The molecule has 0 bridgehead atoms. The van der Waals surface area contributed by atoms with Crippen LogP contribution in [0.1, 0.15) is 23.7 Å². The summed E-state index contributed by atoms with van der Waals surface area (Å²) in [5.41, 5.74) is 0.787. The Labute approximate surface area is 160 Å². The number of esters is 1. The van der Waals surface area contributed by atoms with E-state index in [0.717, 1.165) is 0 Å². The highest BCUT2D eigenvalue weighted by atomic mass is 35.5. The van der Waals surface area contributed by atoms with Gasteiger partial charge in [0.1, 0.15) is 6.42 Å². The summed E-state index contributed by atoms with van der Waals surface area (Å²) in [5.74, 6) is -1.71. The van der Waals surface area contributed by atoms with Crippen molar-refractivity contribution in [3.8, 4) is 0 Å². The monoisotopic (exact) mass is 394 g/mol. The van der Waals surface area contributed by atoms with Gasteiger partial charge in [-0.2, -0.15) is 0 Å². The van der Waals surface area contributed by atoms with Gasteiger partial charge >= 0.3 is 5.97 Å². The number of rotatable bonds is 6. The Kier molecular flexibility index (Phi) is 7.00. The normalized spacial score (nSPS) is 10.1. The molecule has 8 heteroatoms. The number of benzene rings is 2. The Balaban J connectivity index is 2.02. The van der Waals surface area contributed by atoms with Crippen molar-refractivity contribution in [2.24, 2.45) is 0 Å². The summed E-state index contributed by atoms with van der Waals surface area (Å²) in [6.45, 7) is 1.90. The lowest BCUT2D eigenvalue weighted by atomic mass is 10.1. The first-order valence-electron chi connectivity index (χ1n) is 7.72. The van der Waals surface area contributed by atoms with Crippen LogP contribution in [-0.2, 0) is 14.3 Å². The highest BCUT2D eigenvalue weighted by Gasteiger charge is 2.16. The van der Waals surface area contributed by atoms with E-state index in [9.17, 15) is 14.4 Å². The third-order valence-electron chi connectivity index (χ3n) is 3.24. The molecule has 2 amide bonds. The van der Waals surface area contributed by atoms with Gasteiger partial charge in [0.05, 0.1) is 33.6 Å². The molecule has 2 aromatic carbocycles. The number of carbonyl (C=O) groups is 3. The van der Waals surface area contributed by atoms with Crippen molar-refractivity contribution in [1.82, 2.24) is 0 Å². The van der Waals surface area contributed by atoms with Crippen LogP contribution in [0, 0.1) is 0 Å². The molecule has 2 N–H and O–H groups in total. The average molecular weight is 395 g/mol. The van der Waals surface area contributed by atoms with E-state index in [0.29, 0.717) is 5.69 Å². The molecule has 0 atom stereocenters. The first kappa shape index (κ1) is 19.8. The second-order valence-corrected chi connectivity index (χ2v) is 5.93. The van der Waals surface area contributed by atoms with Gasteiger partial charge in [-0.05, 0) is 31.2 Å². The van der Waals surface area contributed by atoms with Crippen LogP contribution in [0.5, 0.6) is 0 Å². The first-order chi connectivity index (χ1) is 12.4. The minimum Gasteiger partial charge on any atom is -0.462 e. The van der Waals surface area contributed by atoms with Crippen LogP contribution in [0.2, 0.25) is 10.0 Å². The van der Waals surface area contributed by atoms with E-state index >= 15 is 0 Å². The van der Waals surface area contributed by atoms with E-state index in [-0.39, 0.29) is 27.9 Å². The van der Waals surface area contributed by atoms with Gasteiger partial charge in [0.15, 0.2) is 0 Å². The molecule has 0 aliphatic rings. The Morgan fingerprint density at radius 3 is 2.23 bits per heavy atom. The van der Waals surface area contributed by atoms with Gasteiger partial charge in [-0.3, -0.25) is 9.59 Å². The van der Waals surface area contributed by atoms with Crippen LogP contribution in [0.15, 0.2) is 42.5 Å². The van der Waals surface area contributed by atoms with Gasteiger partial charge < -0.3 is 15.4 Å². The molecule has 0 radical (unpaired) electrons. The Hall–Kier alpha value is -2.57. The predicted molar refractivity (Wildman–Crippen MR) is 101 cm³/mol. The molecule has 0 aromatic heterocycles. The number of hydrogen-bond donors (Lipinski definition) is 2. The Morgan fingerprint density at radius 1 is 0.923 bits per heavy atom. The number of hydrogen-bond acceptors (Lipinski definition) is 4. The summed E-state index contributed by atoms with van der Waals surface area (Å²) in [4.78, 5) is 36.0. The molecule has 0 saturated carbocycles. The maximum Gasteiger partial charge on any atom is 0.340 e. The second kappa shape index (κ2) is 9.22. The molecule has 26 heavy (non-hydrogen) atoms. The minimum atomic E-state index is -0.586.